The molecule has 0 aliphatic rings. The van der Waals surface area contributed by atoms with Crippen molar-refractivity contribution >= 4 is 8.32 Å². The third-order valence-corrected chi connectivity index (χ3v) is 1.46. The van der Waals surface area contributed by atoms with Gasteiger partial charge in [0.15, 0.2) is 15.2 Å². The average Bonchev–Trinajstić information content (AvgIpc) is 1.30. The molecule has 0 heterocycles. The summed E-state index contributed by atoms with van der Waals surface area (Å²) < 4.78 is 16.0. The van der Waals surface area contributed by atoms with Crippen molar-refractivity contribution in [1.82, 2.24) is 0 Å². The second kappa shape index (κ2) is 2.42. The highest BCUT2D eigenvalue weighted by Crippen LogP contribution is 2.00. The summed E-state index contributed by atoms with van der Waals surface area (Å²) in [7, 11) is -1.53. The van der Waals surface area contributed by atoms with Crippen LogP contribution in [0.25, 0.3) is 0 Å². The van der Waals surface area contributed by atoms with Gasteiger partial charge in [-0.05, 0) is 19.6 Å². The monoisotopic (exact) mass is 122 g/mol. The van der Waals surface area contributed by atoms with Crippen LogP contribution >= 0.6 is 0 Å². The topological polar surface area (TPSA) is 9.23 Å². The minimum absolute atomic E-state index is 0.629. The van der Waals surface area contributed by atoms with E-state index in [9.17, 15) is 4.39 Å². The van der Waals surface area contributed by atoms with E-state index in [4.69, 9.17) is 4.43 Å². The molecule has 0 saturated carbocycles. The average molecular weight is 122 g/mol. The first-order valence-electron chi connectivity index (χ1n) is 2.26. The molecule has 44 valence electrons. The second-order valence-corrected chi connectivity index (χ2v) is 6.88. The van der Waals surface area contributed by atoms with Crippen molar-refractivity contribution in [3.05, 3.63) is 0 Å². The van der Waals surface area contributed by atoms with E-state index in [1.54, 1.807) is 0 Å². The molecule has 1 nitrogen and oxygen atoms in total. The maximum Gasteiger partial charge on any atom is 0.187 e. The Kier molecular flexibility index (Phi) is 2.46. The standard InChI is InChI=1S/C4H11FOSi/c1-7(2,3)6-4-5/h4H2,1-3H3. The first kappa shape index (κ1) is 7.11. The highest BCUT2D eigenvalue weighted by atomic mass is 28.4. The van der Waals surface area contributed by atoms with Crippen molar-refractivity contribution in [2.24, 2.45) is 0 Å². The Bertz CT molecular complexity index is 50.1. The second-order valence-electron chi connectivity index (χ2n) is 2.37. The Morgan fingerprint density at radius 3 is 1.86 bits per heavy atom. The molecule has 0 atom stereocenters. The zero-order valence-corrected chi connectivity index (χ0v) is 5.99. The first-order valence-corrected chi connectivity index (χ1v) is 5.67. The quantitative estimate of drug-likeness (QED) is 0.507. The van der Waals surface area contributed by atoms with Gasteiger partial charge >= 0.3 is 0 Å². The lowest BCUT2D eigenvalue weighted by Gasteiger charge is -2.12. The fraction of sp³-hybridized carbons (Fsp3) is 1.00. The zero-order chi connectivity index (χ0) is 5.91. The normalized spacial score (nSPS) is 12.0. The fourth-order valence-electron chi connectivity index (χ4n) is 0.164. The summed E-state index contributed by atoms with van der Waals surface area (Å²) in [5.74, 6) is 0. The molecule has 0 aromatic carbocycles. The van der Waals surface area contributed by atoms with Gasteiger partial charge in [-0.1, -0.05) is 0 Å². The summed E-state index contributed by atoms with van der Waals surface area (Å²) in [6.07, 6.45) is 0. The van der Waals surface area contributed by atoms with Crippen LogP contribution in [0.1, 0.15) is 0 Å². The van der Waals surface area contributed by atoms with E-state index in [1.165, 1.54) is 0 Å². The van der Waals surface area contributed by atoms with E-state index in [0.717, 1.165) is 0 Å². The van der Waals surface area contributed by atoms with Gasteiger partial charge in [0.1, 0.15) is 0 Å². The van der Waals surface area contributed by atoms with Gasteiger partial charge in [-0.2, -0.15) is 0 Å². The van der Waals surface area contributed by atoms with E-state index in [1.807, 2.05) is 19.6 Å². The molecule has 0 spiro atoms. The van der Waals surface area contributed by atoms with Gasteiger partial charge in [-0.15, -0.1) is 0 Å². The molecule has 0 aliphatic heterocycles. The summed E-state index contributed by atoms with van der Waals surface area (Å²) in [6.45, 7) is 5.22. The Balaban J connectivity index is 3.15. The van der Waals surface area contributed by atoms with Gasteiger partial charge < -0.3 is 4.43 Å². The molecule has 0 rings (SSSR count). The van der Waals surface area contributed by atoms with Crippen LogP contribution in [0.15, 0.2) is 0 Å². The van der Waals surface area contributed by atoms with Crippen molar-refractivity contribution in [1.29, 1.82) is 0 Å². The molecule has 0 aromatic heterocycles. The minimum Gasteiger partial charge on any atom is -0.392 e. The third-order valence-electron chi connectivity index (χ3n) is 0.488. The molecule has 0 N–H and O–H groups in total. The highest BCUT2D eigenvalue weighted by molar-refractivity contribution is 6.69. The van der Waals surface area contributed by atoms with Gasteiger partial charge in [-0.3, -0.25) is 0 Å². The van der Waals surface area contributed by atoms with E-state index in [-0.39, 0.29) is 0 Å². The summed E-state index contributed by atoms with van der Waals surface area (Å²) in [5.41, 5.74) is 0. The van der Waals surface area contributed by atoms with Crippen LogP contribution in [0.4, 0.5) is 4.39 Å². The maximum atomic E-state index is 11.3. The van der Waals surface area contributed by atoms with E-state index < -0.39 is 15.2 Å². The summed E-state index contributed by atoms with van der Waals surface area (Å²) in [4.78, 5) is 0. The smallest absolute Gasteiger partial charge is 0.187 e. The Labute approximate surface area is 44.6 Å². The van der Waals surface area contributed by atoms with E-state index >= 15 is 0 Å². The SMILES string of the molecule is C[Si](C)(C)OCF. The molecule has 0 amide bonds. The fourth-order valence-corrected chi connectivity index (χ4v) is 0.491. The van der Waals surface area contributed by atoms with Crippen molar-refractivity contribution in [3.8, 4) is 0 Å². The lowest BCUT2D eigenvalue weighted by molar-refractivity contribution is 0.185. The summed E-state index contributed by atoms with van der Waals surface area (Å²) in [6, 6.07) is 0. The first-order chi connectivity index (χ1) is 3.06. The van der Waals surface area contributed by atoms with Crippen molar-refractivity contribution in [2.45, 2.75) is 19.6 Å². The summed E-state index contributed by atoms with van der Waals surface area (Å²) in [5, 5.41) is 0. The number of halogens is 1. The van der Waals surface area contributed by atoms with Crippen LogP contribution in [-0.4, -0.2) is 15.2 Å². The van der Waals surface area contributed by atoms with E-state index in [2.05, 4.69) is 0 Å². The Hall–Kier alpha value is 0.107. The predicted molar refractivity (Wildman–Crippen MR) is 30.4 cm³/mol. The van der Waals surface area contributed by atoms with Gasteiger partial charge in [-0.25, -0.2) is 4.39 Å². The minimum atomic E-state index is -1.53. The van der Waals surface area contributed by atoms with Crippen LogP contribution in [0, 0.1) is 0 Å². The van der Waals surface area contributed by atoms with Crippen molar-refractivity contribution in [2.75, 3.05) is 6.86 Å². The van der Waals surface area contributed by atoms with Crippen LogP contribution in [-0.2, 0) is 4.43 Å². The number of rotatable bonds is 2. The lowest BCUT2D eigenvalue weighted by atomic mass is 11.6. The molecule has 0 fully saturated rings. The molecular formula is C4H11FOSi. The molecule has 0 unspecified atom stereocenters. The zero-order valence-electron chi connectivity index (χ0n) is 4.99. The third kappa shape index (κ3) is 6.11. The maximum absolute atomic E-state index is 11.3. The highest BCUT2D eigenvalue weighted by Gasteiger charge is 2.12. The molecule has 0 saturated heterocycles. The molecule has 3 heteroatoms. The largest absolute Gasteiger partial charge is 0.392 e. The molecule has 0 bridgehead atoms. The van der Waals surface area contributed by atoms with Gasteiger partial charge in [0.25, 0.3) is 0 Å². The molecule has 0 aliphatic carbocycles. The van der Waals surface area contributed by atoms with Crippen molar-refractivity contribution in [3.63, 3.8) is 0 Å². The number of hydrogen-bond donors (Lipinski definition) is 0. The van der Waals surface area contributed by atoms with Crippen molar-refractivity contribution < 1.29 is 8.82 Å². The van der Waals surface area contributed by atoms with Gasteiger partial charge in [0.05, 0.1) is 0 Å². The summed E-state index contributed by atoms with van der Waals surface area (Å²) >= 11 is 0. The Morgan fingerprint density at radius 2 is 1.86 bits per heavy atom. The molecule has 0 aromatic rings. The lowest BCUT2D eigenvalue weighted by Crippen LogP contribution is -2.24. The van der Waals surface area contributed by atoms with Crippen LogP contribution in [0.5, 0.6) is 0 Å². The number of alkyl halides is 1. The molecular weight excluding hydrogens is 111 g/mol. The number of hydrogen-bond acceptors (Lipinski definition) is 1. The Morgan fingerprint density at radius 1 is 1.43 bits per heavy atom. The van der Waals surface area contributed by atoms with Gasteiger partial charge in [0, 0.05) is 0 Å². The van der Waals surface area contributed by atoms with Crippen LogP contribution in [0.3, 0.4) is 0 Å². The van der Waals surface area contributed by atoms with Crippen LogP contribution in [0.2, 0.25) is 19.6 Å². The van der Waals surface area contributed by atoms with Crippen LogP contribution < -0.4 is 0 Å². The predicted octanol–water partition coefficient (Wildman–Crippen LogP) is 1.76. The molecule has 7 heavy (non-hydrogen) atoms. The molecule has 0 radical (unpaired) electrons. The van der Waals surface area contributed by atoms with E-state index in [0.29, 0.717) is 0 Å². The van der Waals surface area contributed by atoms with Gasteiger partial charge in [0.2, 0.25) is 0 Å².